The Balaban J connectivity index is 1.51. The van der Waals surface area contributed by atoms with Crippen molar-refractivity contribution in [2.24, 2.45) is 0 Å². The minimum absolute atomic E-state index is 0.121. The standard InChI is InChI=1S/C18H18ClN3O4/c19-14-5-1-2-6-15(14)21-8-10-22(11-9-21)16(23)12-26-18(25)13-4-3-7-20-17(13)24/h1-7H,8-12H2,(H,20,24). The number of ether oxygens (including phenoxy) is 1. The fraction of sp³-hybridized carbons (Fsp3) is 0.278. The molecular weight excluding hydrogens is 358 g/mol. The van der Waals surface area contributed by atoms with E-state index in [0.717, 1.165) is 5.69 Å². The molecule has 1 aromatic carbocycles. The lowest BCUT2D eigenvalue weighted by atomic mass is 10.2. The molecule has 0 spiro atoms. The number of H-pyrrole nitrogens is 1. The number of nitrogens with zero attached hydrogens (tertiary/aromatic N) is 2. The highest BCUT2D eigenvalue weighted by Crippen LogP contribution is 2.25. The van der Waals surface area contributed by atoms with E-state index in [4.69, 9.17) is 16.3 Å². The Hall–Kier alpha value is -2.80. The van der Waals surface area contributed by atoms with Crippen molar-refractivity contribution in [2.75, 3.05) is 37.7 Å². The van der Waals surface area contributed by atoms with Crippen LogP contribution in [0.3, 0.4) is 0 Å². The number of hydrogen-bond acceptors (Lipinski definition) is 5. The van der Waals surface area contributed by atoms with Crippen molar-refractivity contribution in [2.45, 2.75) is 0 Å². The lowest BCUT2D eigenvalue weighted by molar-refractivity contribution is -0.134. The number of benzene rings is 1. The third-order valence-corrected chi connectivity index (χ3v) is 4.51. The van der Waals surface area contributed by atoms with Crippen molar-refractivity contribution in [3.8, 4) is 0 Å². The van der Waals surface area contributed by atoms with Gasteiger partial charge >= 0.3 is 5.97 Å². The number of carbonyl (C=O) groups excluding carboxylic acids is 2. The van der Waals surface area contributed by atoms with E-state index in [1.54, 1.807) is 4.90 Å². The Morgan fingerprint density at radius 2 is 1.81 bits per heavy atom. The zero-order valence-electron chi connectivity index (χ0n) is 14.0. The van der Waals surface area contributed by atoms with Gasteiger partial charge in [-0.3, -0.25) is 9.59 Å². The molecule has 26 heavy (non-hydrogen) atoms. The first-order valence-electron chi connectivity index (χ1n) is 8.18. The molecule has 0 saturated carbocycles. The molecule has 2 heterocycles. The fourth-order valence-corrected chi connectivity index (χ4v) is 3.04. The Kier molecular flexibility index (Phi) is 5.58. The van der Waals surface area contributed by atoms with Crippen LogP contribution in [-0.2, 0) is 9.53 Å². The summed E-state index contributed by atoms with van der Waals surface area (Å²) >= 11 is 6.20. The zero-order valence-corrected chi connectivity index (χ0v) is 14.7. The van der Waals surface area contributed by atoms with Crippen molar-refractivity contribution in [3.63, 3.8) is 0 Å². The van der Waals surface area contributed by atoms with Gasteiger partial charge < -0.3 is 19.5 Å². The number of carbonyl (C=O) groups is 2. The molecule has 136 valence electrons. The number of hydrogen-bond donors (Lipinski definition) is 1. The summed E-state index contributed by atoms with van der Waals surface area (Å²) in [6.45, 7) is 1.91. The Morgan fingerprint density at radius 1 is 1.08 bits per heavy atom. The molecule has 1 fully saturated rings. The summed E-state index contributed by atoms with van der Waals surface area (Å²) in [4.78, 5) is 41.8. The monoisotopic (exact) mass is 375 g/mol. The minimum Gasteiger partial charge on any atom is -0.452 e. The second-order valence-corrected chi connectivity index (χ2v) is 6.22. The maximum Gasteiger partial charge on any atom is 0.344 e. The van der Waals surface area contributed by atoms with Crippen LogP contribution in [0.15, 0.2) is 47.4 Å². The van der Waals surface area contributed by atoms with Crippen LogP contribution < -0.4 is 10.5 Å². The molecule has 0 radical (unpaired) electrons. The highest BCUT2D eigenvalue weighted by atomic mass is 35.5. The number of piperazine rings is 1. The Bertz CT molecular complexity index is 859. The van der Waals surface area contributed by atoms with Crippen LogP contribution in [0.1, 0.15) is 10.4 Å². The molecule has 3 rings (SSSR count). The third kappa shape index (κ3) is 4.05. The predicted octanol–water partition coefficient (Wildman–Crippen LogP) is 1.53. The van der Waals surface area contributed by atoms with Crippen molar-refractivity contribution in [1.29, 1.82) is 0 Å². The van der Waals surface area contributed by atoms with E-state index in [0.29, 0.717) is 31.2 Å². The lowest BCUT2D eigenvalue weighted by Gasteiger charge is -2.36. The van der Waals surface area contributed by atoms with E-state index in [9.17, 15) is 14.4 Å². The van der Waals surface area contributed by atoms with Gasteiger partial charge in [-0.05, 0) is 24.3 Å². The number of esters is 1. The molecule has 0 unspecified atom stereocenters. The topological polar surface area (TPSA) is 82.7 Å². The van der Waals surface area contributed by atoms with Crippen LogP contribution in [0, 0.1) is 0 Å². The summed E-state index contributed by atoms with van der Waals surface area (Å²) < 4.78 is 4.97. The number of anilines is 1. The number of amides is 1. The first-order valence-corrected chi connectivity index (χ1v) is 8.56. The number of para-hydroxylation sites is 1. The minimum atomic E-state index is -0.810. The number of aromatic nitrogens is 1. The van der Waals surface area contributed by atoms with E-state index in [1.165, 1.54) is 18.3 Å². The number of aromatic amines is 1. The smallest absolute Gasteiger partial charge is 0.344 e. The van der Waals surface area contributed by atoms with Crippen molar-refractivity contribution in [1.82, 2.24) is 9.88 Å². The molecule has 1 saturated heterocycles. The van der Waals surface area contributed by atoms with Gasteiger partial charge in [-0.25, -0.2) is 4.79 Å². The van der Waals surface area contributed by atoms with Gasteiger partial charge in [-0.1, -0.05) is 23.7 Å². The zero-order chi connectivity index (χ0) is 18.5. The Morgan fingerprint density at radius 3 is 2.50 bits per heavy atom. The van der Waals surface area contributed by atoms with Gasteiger partial charge in [-0.15, -0.1) is 0 Å². The van der Waals surface area contributed by atoms with E-state index in [2.05, 4.69) is 9.88 Å². The normalized spacial score (nSPS) is 14.2. The van der Waals surface area contributed by atoms with Crippen LogP contribution in [0.25, 0.3) is 0 Å². The molecule has 0 atom stereocenters. The molecule has 7 nitrogen and oxygen atoms in total. The SMILES string of the molecule is O=C(OCC(=O)N1CCN(c2ccccc2Cl)CC1)c1ccc[nH]c1=O. The van der Waals surface area contributed by atoms with E-state index in [1.807, 2.05) is 24.3 Å². The van der Waals surface area contributed by atoms with Gasteiger partial charge in [0.15, 0.2) is 6.61 Å². The summed E-state index contributed by atoms with van der Waals surface area (Å²) in [5.74, 6) is -1.10. The molecule has 2 aromatic rings. The quantitative estimate of drug-likeness (QED) is 0.819. The molecule has 1 amide bonds. The summed E-state index contributed by atoms with van der Waals surface area (Å²) in [6, 6.07) is 10.4. The molecule has 1 aliphatic rings. The van der Waals surface area contributed by atoms with Gasteiger partial charge in [0.05, 0.1) is 10.7 Å². The summed E-state index contributed by atoms with van der Waals surface area (Å²) in [7, 11) is 0. The second-order valence-electron chi connectivity index (χ2n) is 5.81. The molecule has 1 aliphatic heterocycles. The van der Waals surface area contributed by atoms with Crippen LogP contribution >= 0.6 is 11.6 Å². The average Bonchev–Trinajstić information content (AvgIpc) is 2.67. The van der Waals surface area contributed by atoms with Gasteiger partial charge in [-0.2, -0.15) is 0 Å². The van der Waals surface area contributed by atoms with Gasteiger partial charge in [0.2, 0.25) is 0 Å². The van der Waals surface area contributed by atoms with E-state index in [-0.39, 0.29) is 18.1 Å². The van der Waals surface area contributed by atoms with Gasteiger partial charge in [0.1, 0.15) is 5.56 Å². The van der Waals surface area contributed by atoms with Gasteiger partial charge in [0, 0.05) is 32.4 Å². The molecule has 1 aromatic heterocycles. The fourth-order valence-electron chi connectivity index (χ4n) is 2.78. The van der Waals surface area contributed by atoms with E-state index < -0.39 is 11.5 Å². The second kappa shape index (κ2) is 8.05. The lowest BCUT2D eigenvalue weighted by Crippen LogP contribution is -2.50. The highest BCUT2D eigenvalue weighted by Gasteiger charge is 2.23. The average molecular weight is 376 g/mol. The first kappa shape index (κ1) is 18.0. The summed E-state index contributed by atoms with van der Waals surface area (Å²) in [5, 5.41) is 0.675. The summed E-state index contributed by atoms with van der Waals surface area (Å²) in [6.07, 6.45) is 1.42. The third-order valence-electron chi connectivity index (χ3n) is 4.19. The van der Waals surface area contributed by atoms with Crippen molar-refractivity contribution in [3.05, 3.63) is 63.5 Å². The molecule has 1 N–H and O–H groups in total. The van der Waals surface area contributed by atoms with Crippen LogP contribution in [-0.4, -0.2) is 54.5 Å². The number of rotatable bonds is 4. The first-order chi connectivity index (χ1) is 12.6. The highest BCUT2D eigenvalue weighted by molar-refractivity contribution is 6.33. The molecule has 0 aliphatic carbocycles. The Labute approximate surface area is 155 Å². The van der Waals surface area contributed by atoms with Crippen LogP contribution in [0.5, 0.6) is 0 Å². The maximum absolute atomic E-state index is 12.2. The van der Waals surface area contributed by atoms with Gasteiger partial charge in [0.25, 0.3) is 11.5 Å². The molecular formula is C18H18ClN3O4. The van der Waals surface area contributed by atoms with Crippen molar-refractivity contribution < 1.29 is 14.3 Å². The van der Waals surface area contributed by atoms with Crippen molar-refractivity contribution >= 4 is 29.2 Å². The predicted molar refractivity (Wildman–Crippen MR) is 97.6 cm³/mol. The largest absolute Gasteiger partial charge is 0.452 e. The number of pyridine rings is 1. The molecule has 0 bridgehead atoms. The molecule has 8 heteroatoms. The number of halogens is 1. The van der Waals surface area contributed by atoms with Crippen LogP contribution in [0.4, 0.5) is 5.69 Å². The van der Waals surface area contributed by atoms with Crippen LogP contribution in [0.2, 0.25) is 5.02 Å². The van der Waals surface area contributed by atoms with E-state index >= 15 is 0 Å². The number of nitrogens with one attached hydrogen (secondary N) is 1. The summed E-state index contributed by atoms with van der Waals surface area (Å²) in [5.41, 5.74) is 0.276. The maximum atomic E-state index is 12.2.